The van der Waals surface area contributed by atoms with Crippen LogP contribution in [0.1, 0.15) is 42.0 Å². The summed E-state index contributed by atoms with van der Waals surface area (Å²) < 4.78 is 10.5. The number of carbonyl (C=O) groups is 1. The lowest BCUT2D eigenvalue weighted by Crippen LogP contribution is -2.10. The maximum Gasteiger partial charge on any atom is 0.306 e. The summed E-state index contributed by atoms with van der Waals surface area (Å²) in [4.78, 5) is 11.9. The van der Waals surface area contributed by atoms with Gasteiger partial charge in [0.25, 0.3) is 0 Å². The Bertz CT molecular complexity index is 599. The first-order valence-corrected chi connectivity index (χ1v) is 7.22. The lowest BCUT2D eigenvalue weighted by molar-refractivity contribution is -0.148. The number of benzene rings is 1. The van der Waals surface area contributed by atoms with Crippen LogP contribution >= 0.6 is 11.6 Å². The number of esters is 1. The predicted octanol–water partition coefficient (Wildman–Crippen LogP) is 4.18. The van der Waals surface area contributed by atoms with E-state index in [4.69, 9.17) is 20.9 Å². The first kappa shape index (κ1) is 15.6. The summed E-state index contributed by atoms with van der Waals surface area (Å²) in [5, 5.41) is 4.53. The average Bonchev–Trinajstić information content (AvgIpc) is 2.76. The summed E-state index contributed by atoms with van der Waals surface area (Å²) in [6.45, 7) is 5.56. The summed E-state index contributed by atoms with van der Waals surface area (Å²) >= 11 is 5.84. The van der Waals surface area contributed by atoms with Crippen molar-refractivity contribution in [3.8, 4) is 0 Å². The van der Waals surface area contributed by atoms with E-state index in [0.29, 0.717) is 17.9 Å². The zero-order valence-electron chi connectivity index (χ0n) is 12.4. The molecule has 2 rings (SSSR count). The van der Waals surface area contributed by atoms with E-state index in [9.17, 15) is 4.79 Å². The molecule has 0 aliphatic carbocycles. The monoisotopic (exact) mass is 307 g/mol. The van der Waals surface area contributed by atoms with Gasteiger partial charge in [0.2, 0.25) is 0 Å². The molecule has 0 radical (unpaired) electrons. The minimum absolute atomic E-state index is 0.238. The molecule has 0 saturated heterocycles. The molecule has 1 atom stereocenters. The van der Waals surface area contributed by atoms with E-state index in [1.54, 1.807) is 12.1 Å². The highest BCUT2D eigenvalue weighted by Gasteiger charge is 2.15. The molecule has 2 aromatic rings. The van der Waals surface area contributed by atoms with Gasteiger partial charge in [-0.25, -0.2) is 0 Å². The van der Waals surface area contributed by atoms with Gasteiger partial charge in [0, 0.05) is 17.0 Å². The second kappa shape index (κ2) is 6.76. The van der Waals surface area contributed by atoms with Gasteiger partial charge in [-0.1, -0.05) is 28.9 Å². The molecular weight excluding hydrogens is 290 g/mol. The lowest BCUT2D eigenvalue weighted by atomic mass is 10.1. The van der Waals surface area contributed by atoms with E-state index in [0.717, 1.165) is 22.6 Å². The second-order valence-electron chi connectivity index (χ2n) is 4.99. The molecule has 0 saturated carbocycles. The minimum atomic E-state index is -0.292. The van der Waals surface area contributed by atoms with Crippen LogP contribution in [0.2, 0.25) is 5.02 Å². The first-order chi connectivity index (χ1) is 9.97. The van der Waals surface area contributed by atoms with Crippen molar-refractivity contribution >= 4 is 17.6 Å². The zero-order valence-corrected chi connectivity index (χ0v) is 13.1. The van der Waals surface area contributed by atoms with Gasteiger partial charge in [-0.3, -0.25) is 4.79 Å². The molecule has 21 heavy (non-hydrogen) atoms. The van der Waals surface area contributed by atoms with Crippen molar-refractivity contribution in [3.63, 3.8) is 0 Å². The molecule has 1 heterocycles. The highest BCUT2D eigenvalue weighted by atomic mass is 35.5. The molecule has 0 fully saturated rings. The van der Waals surface area contributed by atoms with E-state index < -0.39 is 0 Å². The van der Waals surface area contributed by atoms with Crippen LogP contribution in [0.5, 0.6) is 0 Å². The Morgan fingerprint density at radius 1 is 1.33 bits per heavy atom. The SMILES string of the molecule is Cc1noc(C)c1CCC(=O)OC(C)c1ccc(Cl)cc1. The van der Waals surface area contributed by atoms with Gasteiger partial charge in [-0.15, -0.1) is 0 Å². The summed E-state index contributed by atoms with van der Waals surface area (Å²) in [6, 6.07) is 7.28. The number of hydrogen-bond acceptors (Lipinski definition) is 4. The van der Waals surface area contributed by atoms with Crippen LogP contribution in [-0.4, -0.2) is 11.1 Å². The Morgan fingerprint density at radius 2 is 2.00 bits per heavy atom. The molecule has 0 bridgehead atoms. The Morgan fingerprint density at radius 3 is 2.57 bits per heavy atom. The quantitative estimate of drug-likeness (QED) is 0.777. The number of ether oxygens (including phenoxy) is 1. The number of rotatable bonds is 5. The van der Waals surface area contributed by atoms with Crippen molar-refractivity contribution in [1.29, 1.82) is 0 Å². The van der Waals surface area contributed by atoms with Crippen molar-refractivity contribution in [2.75, 3.05) is 0 Å². The maximum absolute atomic E-state index is 11.9. The number of aryl methyl sites for hydroxylation is 2. The number of aromatic nitrogens is 1. The average molecular weight is 308 g/mol. The molecule has 4 nitrogen and oxygen atoms in total. The fraction of sp³-hybridized carbons (Fsp3) is 0.375. The third-order valence-electron chi connectivity index (χ3n) is 3.41. The van der Waals surface area contributed by atoms with Crippen LogP contribution in [0.4, 0.5) is 0 Å². The fourth-order valence-corrected chi connectivity index (χ4v) is 2.27. The molecule has 1 unspecified atom stereocenters. The molecule has 1 aromatic carbocycles. The normalized spacial score (nSPS) is 12.2. The molecule has 0 amide bonds. The predicted molar refractivity (Wildman–Crippen MR) is 80.3 cm³/mol. The van der Waals surface area contributed by atoms with Crippen LogP contribution in [0.25, 0.3) is 0 Å². The topological polar surface area (TPSA) is 52.3 Å². The van der Waals surface area contributed by atoms with Crippen molar-refractivity contribution in [1.82, 2.24) is 5.16 Å². The van der Waals surface area contributed by atoms with E-state index in [-0.39, 0.29) is 12.1 Å². The number of halogens is 1. The zero-order chi connectivity index (χ0) is 15.4. The van der Waals surface area contributed by atoms with Crippen molar-refractivity contribution in [2.45, 2.75) is 39.7 Å². The molecule has 0 aliphatic heterocycles. The lowest BCUT2D eigenvalue weighted by Gasteiger charge is -2.13. The first-order valence-electron chi connectivity index (χ1n) is 6.84. The Balaban J connectivity index is 1.88. The van der Waals surface area contributed by atoms with Crippen LogP contribution in [-0.2, 0) is 16.0 Å². The smallest absolute Gasteiger partial charge is 0.306 e. The van der Waals surface area contributed by atoms with Gasteiger partial charge >= 0.3 is 5.97 Å². The van der Waals surface area contributed by atoms with Gasteiger partial charge in [-0.05, 0) is 44.9 Å². The van der Waals surface area contributed by atoms with Crippen LogP contribution < -0.4 is 0 Å². The van der Waals surface area contributed by atoms with Crippen molar-refractivity contribution in [2.24, 2.45) is 0 Å². The fourth-order valence-electron chi connectivity index (χ4n) is 2.14. The Labute approximate surface area is 129 Å². The molecule has 112 valence electrons. The van der Waals surface area contributed by atoms with Gasteiger partial charge < -0.3 is 9.26 Å². The largest absolute Gasteiger partial charge is 0.458 e. The molecule has 0 spiro atoms. The summed E-state index contributed by atoms with van der Waals surface area (Å²) in [6.07, 6.45) is 0.591. The van der Waals surface area contributed by atoms with E-state index in [2.05, 4.69) is 5.16 Å². The molecule has 1 aromatic heterocycles. The van der Waals surface area contributed by atoms with Crippen molar-refractivity contribution in [3.05, 3.63) is 51.9 Å². The standard InChI is InChI=1S/C16H18ClNO3/c1-10-15(12(3)21-18-10)8-9-16(19)20-11(2)13-4-6-14(17)7-5-13/h4-7,11H,8-9H2,1-3H3. The van der Waals surface area contributed by atoms with Crippen LogP contribution in [0.15, 0.2) is 28.8 Å². The molecule has 0 aliphatic rings. The summed E-state index contributed by atoms with van der Waals surface area (Å²) in [5.74, 6) is 0.517. The van der Waals surface area contributed by atoms with Gasteiger partial charge in [0.05, 0.1) is 5.69 Å². The second-order valence-corrected chi connectivity index (χ2v) is 5.42. The van der Waals surface area contributed by atoms with Crippen molar-refractivity contribution < 1.29 is 14.1 Å². The third kappa shape index (κ3) is 4.08. The summed E-state index contributed by atoms with van der Waals surface area (Å²) in [5.41, 5.74) is 2.72. The third-order valence-corrected chi connectivity index (χ3v) is 3.66. The summed E-state index contributed by atoms with van der Waals surface area (Å²) in [7, 11) is 0. The van der Waals surface area contributed by atoms with Crippen LogP contribution in [0, 0.1) is 13.8 Å². The van der Waals surface area contributed by atoms with E-state index in [1.807, 2.05) is 32.9 Å². The Hall–Kier alpha value is -1.81. The highest BCUT2D eigenvalue weighted by molar-refractivity contribution is 6.30. The number of carbonyl (C=O) groups excluding carboxylic acids is 1. The molecular formula is C16H18ClNO3. The van der Waals surface area contributed by atoms with Crippen LogP contribution in [0.3, 0.4) is 0 Å². The van der Waals surface area contributed by atoms with Gasteiger partial charge in [-0.2, -0.15) is 0 Å². The number of nitrogens with zero attached hydrogens (tertiary/aromatic N) is 1. The molecule has 0 N–H and O–H groups in total. The highest BCUT2D eigenvalue weighted by Crippen LogP contribution is 2.21. The van der Waals surface area contributed by atoms with Gasteiger partial charge in [0.15, 0.2) is 0 Å². The van der Waals surface area contributed by atoms with E-state index >= 15 is 0 Å². The minimum Gasteiger partial charge on any atom is -0.458 e. The van der Waals surface area contributed by atoms with E-state index in [1.165, 1.54) is 0 Å². The molecule has 5 heteroatoms. The number of hydrogen-bond donors (Lipinski definition) is 0. The Kier molecular flexibility index (Phi) is 5.02. The van der Waals surface area contributed by atoms with Gasteiger partial charge in [0.1, 0.15) is 11.9 Å². The maximum atomic E-state index is 11.9.